The Bertz CT molecular complexity index is 172. The molecule has 0 saturated heterocycles. The van der Waals surface area contributed by atoms with E-state index in [2.05, 4.69) is 6.58 Å². The van der Waals surface area contributed by atoms with Crippen molar-refractivity contribution in [2.24, 2.45) is 11.8 Å². The second-order valence-electron chi connectivity index (χ2n) is 3.79. The molecule has 0 aliphatic heterocycles. The van der Waals surface area contributed by atoms with Gasteiger partial charge in [-0.2, -0.15) is 0 Å². The minimum atomic E-state index is 0.330. The molecule has 0 spiro atoms. The minimum Gasteiger partial charge on any atom is -0.300 e. The molecule has 1 saturated carbocycles. The van der Waals surface area contributed by atoms with Gasteiger partial charge in [-0.05, 0) is 32.1 Å². The van der Waals surface area contributed by atoms with Crippen molar-refractivity contribution in [1.29, 1.82) is 0 Å². The lowest BCUT2D eigenvalue weighted by molar-refractivity contribution is -0.123. The Hall–Kier alpha value is -0.590. The lowest BCUT2D eigenvalue weighted by atomic mass is 9.76. The fourth-order valence-electron chi connectivity index (χ4n) is 2.24. The SMILES string of the molecule is C=CC[C@@H]1CCCC[C@H]1C(C)=O. The number of carbonyl (C=O) groups is 1. The summed E-state index contributed by atoms with van der Waals surface area (Å²) in [5, 5.41) is 0. The minimum absolute atomic E-state index is 0.330. The highest BCUT2D eigenvalue weighted by Gasteiger charge is 2.26. The zero-order chi connectivity index (χ0) is 8.97. The quantitative estimate of drug-likeness (QED) is 0.589. The zero-order valence-corrected chi connectivity index (χ0v) is 7.88. The average Bonchev–Trinajstić information content (AvgIpc) is 2.05. The summed E-state index contributed by atoms with van der Waals surface area (Å²) in [5.74, 6) is 1.30. The smallest absolute Gasteiger partial charge is 0.133 e. The molecule has 0 unspecified atom stereocenters. The average molecular weight is 166 g/mol. The van der Waals surface area contributed by atoms with Gasteiger partial charge in [0.2, 0.25) is 0 Å². The van der Waals surface area contributed by atoms with Crippen molar-refractivity contribution < 1.29 is 4.79 Å². The van der Waals surface area contributed by atoms with Crippen molar-refractivity contribution in [3.05, 3.63) is 12.7 Å². The molecule has 1 aliphatic carbocycles. The molecule has 0 bridgehead atoms. The second kappa shape index (κ2) is 4.44. The number of rotatable bonds is 3. The Balaban J connectivity index is 2.53. The highest BCUT2D eigenvalue weighted by atomic mass is 16.1. The van der Waals surface area contributed by atoms with Crippen molar-refractivity contribution in [1.82, 2.24) is 0 Å². The van der Waals surface area contributed by atoms with Gasteiger partial charge in [-0.25, -0.2) is 0 Å². The summed E-state index contributed by atoms with van der Waals surface area (Å²) < 4.78 is 0. The van der Waals surface area contributed by atoms with Crippen LogP contribution in [0.15, 0.2) is 12.7 Å². The van der Waals surface area contributed by atoms with Gasteiger partial charge >= 0.3 is 0 Å². The van der Waals surface area contributed by atoms with Crippen molar-refractivity contribution in [2.75, 3.05) is 0 Å². The van der Waals surface area contributed by atoms with Crippen molar-refractivity contribution in [3.8, 4) is 0 Å². The van der Waals surface area contributed by atoms with Crippen LogP contribution in [0.1, 0.15) is 39.0 Å². The van der Waals surface area contributed by atoms with Gasteiger partial charge in [-0.15, -0.1) is 6.58 Å². The molecule has 1 nitrogen and oxygen atoms in total. The lowest BCUT2D eigenvalue weighted by Crippen LogP contribution is -2.24. The lowest BCUT2D eigenvalue weighted by Gasteiger charge is -2.28. The van der Waals surface area contributed by atoms with E-state index in [0.29, 0.717) is 17.6 Å². The van der Waals surface area contributed by atoms with E-state index in [9.17, 15) is 4.79 Å². The fourth-order valence-corrected chi connectivity index (χ4v) is 2.24. The third-order valence-corrected chi connectivity index (χ3v) is 2.90. The van der Waals surface area contributed by atoms with Crippen LogP contribution in [0.25, 0.3) is 0 Å². The molecule has 0 aromatic heterocycles. The summed E-state index contributed by atoms with van der Waals surface area (Å²) in [4.78, 5) is 11.2. The van der Waals surface area contributed by atoms with Gasteiger partial charge in [0.15, 0.2) is 0 Å². The maximum atomic E-state index is 11.2. The van der Waals surface area contributed by atoms with E-state index in [0.717, 1.165) is 12.8 Å². The van der Waals surface area contributed by atoms with Crippen molar-refractivity contribution in [2.45, 2.75) is 39.0 Å². The molecule has 0 aromatic carbocycles. The largest absolute Gasteiger partial charge is 0.300 e. The van der Waals surface area contributed by atoms with E-state index in [1.807, 2.05) is 6.08 Å². The Morgan fingerprint density at radius 2 is 2.17 bits per heavy atom. The first kappa shape index (κ1) is 9.50. The van der Waals surface area contributed by atoms with Gasteiger partial charge < -0.3 is 0 Å². The number of hydrogen-bond donors (Lipinski definition) is 0. The van der Waals surface area contributed by atoms with Crippen molar-refractivity contribution in [3.63, 3.8) is 0 Å². The van der Waals surface area contributed by atoms with Crippen LogP contribution in [0.2, 0.25) is 0 Å². The van der Waals surface area contributed by atoms with Gasteiger partial charge in [-0.1, -0.05) is 18.9 Å². The highest BCUT2D eigenvalue weighted by molar-refractivity contribution is 5.78. The molecule has 1 aliphatic rings. The number of ketones is 1. The number of allylic oxidation sites excluding steroid dienone is 1. The third-order valence-electron chi connectivity index (χ3n) is 2.90. The summed E-state index contributed by atoms with van der Waals surface area (Å²) >= 11 is 0. The van der Waals surface area contributed by atoms with Gasteiger partial charge in [0, 0.05) is 5.92 Å². The van der Waals surface area contributed by atoms with Crippen LogP contribution < -0.4 is 0 Å². The standard InChI is InChI=1S/C11H18O/c1-3-6-10-7-4-5-8-11(10)9(2)12/h3,10-11H,1,4-8H2,2H3/t10-,11+/m1/s1. The molecule has 12 heavy (non-hydrogen) atoms. The molecule has 0 radical (unpaired) electrons. The maximum Gasteiger partial charge on any atom is 0.133 e. The maximum absolute atomic E-state index is 11.2. The zero-order valence-electron chi connectivity index (χ0n) is 7.88. The molecular formula is C11H18O. The van der Waals surface area contributed by atoms with Crippen LogP contribution >= 0.6 is 0 Å². The van der Waals surface area contributed by atoms with Crippen molar-refractivity contribution >= 4 is 5.78 Å². The second-order valence-corrected chi connectivity index (χ2v) is 3.79. The monoisotopic (exact) mass is 166 g/mol. The molecule has 0 aromatic rings. The van der Waals surface area contributed by atoms with Crippen LogP contribution in [0, 0.1) is 11.8 Å². The molecule has 0 N–H and O–H groups in total. The van der Waals surface area contributed by atoms with E-state index in [1.165, 1.54) is 19.3 Å². The van der Waals surface area contributed by atoms with Crippen LogP contribution in [0.5, 0.6) is 0 Å². The number of carbonyl (C=O) groups excluding carboxylic acids is 1. The van der Waals surface area contributed by atoms with E-state index in [-0.39, 0.29) is 0 Å². The number of hydrogen-bond acceptors (Lipinski definition) is 1. The first-order chi connectivity index (χ1) is 5.75. The Morgan fingerprint density at radius 1 is 1.50 bits per heavy atom. The molecule has 1 fully saturated rings. The predicted octanol–water partition coefficient (Wildman–Crippen LogP) is 2.96. The van der Waals surface area contributed by atoms with Crippen LogP contribution in [-0.2, 0) is 4.79 Å². The topological polar surface area (TPSA) is 17.1 Å². The van der Waals surface area contributed by atoms with Gasteiger partial charge in [0.25, 0.3) is 0 Å². The molecular weight excluding hydrogens is 148 g/mol. The Labute approximate surface area is 74.9 Å². The van der Waals surface area contributed by atoms with E-state index < -0.39 is 0 Å². The summed E-state index contributed by atoms with van der Waals surface area (Å²) in [7, 11) is 0. The van der Waals surface area contributed by atoms with E-state index in [1.54, 1.807) is 6.92 Å². The molecule has 1 rings (SSSR count). The summed E-state index contributed by atoms with van der Waals surface area (Å²) in [5.41, 5.74) is 0. The molecule has 1 heteroatoms. The Morgan fingerprint density at radius 3 is 2.75 bits per heavy atom. The third kappa shape index (κ3) is 2.20. The summed E-state index contributed by atoms with van der Waals surface area (Å²) in [6.07, 6.45) is 7.82. The van der Waals surface area contributed by atoms with Gasteiger partial charge in [-0.3, -0.25) is 4.79 Å². The summed E-state index contributed by atoms with van der Waals surface area (Å²) in [6.45, 7) is 5.47. The first-order valence-corrected chi connectivity index (χ1v) is 4.87. The number of Topliss-reactive ketones (excluding diaryl/α,β-unsaturated/α-hetero) is 1. The predicted molar refractivity (Wildman–Crippen MR) is 50.9 cm³/mol. The van der Waals surface area contributed by atoms with Crippen LogP contribution in [-0.4, -0.2) is 5.78 Å². The molecule has 2 atom stereocenters. The summed E-state index contributed by atoms with van der Waals surface area (Å²) in [6, 6.07) is 0. The fraction of sp³-hybridized carbons (Fsp3) is 0.727. The van der Waals surface area contributed by atoms with Gasteiger partial charge in [0.1, 0.15) is 5.78 Å². The van der Waals surface area contributed by atoms with E-state index >= 15 is 0 Å². The van der Waals surface area contributed by atoms with E-state index in [4.69, 9.17) is 0 Å². The first-order valence-electron chi connectivity index (χ1n) is 4.87. The molecule has 0 heterocycles. The normalized spacial score (nSPS) is 29.8. The van der Waals surface area contributed by atoms with Gasteiger partial charge in [0.05, 0.1) is 0 Å². The Kier molecular flexibility index (Phi) is 3.51. The molecule has 0 amide bonds. The molecule has 68 valence electrons. The van der Waals surface area contributed by atoms with Crippen LogP contribution in [0.3, 0.4) is 0 Å². The highest BCUT2D eigenvalue weighted by Crippen LogP contribution is 2.32. The van der Waals surface area contributed by atoms with Crippen LogP contribution in [0.4, 0.5) is 0 Å².